The fraction of sp³-hybridized carbons (Fsp3) is 0.400. The molecule has 0 aliphatic heterocycles. The van der Waals surface area contributed by atoms with E-state index in [1.54, 1.807) is 19.2 Å². The highest BCUT2D eigenvalue weighted by Gasteiger charge is 2.09. The van der Waals surface area contributed by atoms with Crippen LogP contribution < -0.4 is 14.8 Å². The van der Waals surface area contributed by atoms with Gasteiger partial charge in [-0.3, -0.25) is 0 Å². The Morgan fingerprint density at radius 2 is 1.81 bits per heavy atom. The molecule has 0 unspecified atom stereocenters. The second-order valence-corrected chi connectivity index (χ2v) is 6.61. The van der Waals surface area contributed by atoms with Crippen LogP contribution in [0.1, 0.15) is 24.5 Å². The first-order valence-corrected chi connectivity index (χ1v) is 9.41. The van der Waals surface area contributed by atoms with Gasteiger partial charge in [-0.25, -0.2) is 0 Å². The summed E-state index contributed by atoms with van der Waals surface area (Å²) in [5, 5.41) is 4.59. The molecule has 150 valence electrons. The molecular formula is C20H26Cl3NO3. The predicted molar refractivity (Wildman–Crippen MR) is 114 cm³/mol. The van der Waals surface area contributed by atoms with Crippen molar-refractivity contribution in [2.75, 3.05) is 26.9 Å². The van der Waals surface area contributed by atoms with Gasteiger partial charge in [0.15, 0.2) is 11.5 Å². The van der Waals surface area contributed by atoms with Crippen LogP contribution in [0, 0.1) is 0 Å². The van der Waals surface area contributed by atoms with E-state index in [1.807, 2.05) is 31.2 Å². The summed E-state index contributed by atoms with van der Waals surface area (Å²) in [5.74, 6) is 1.43. The van der Waals surface area contributed by atoms with Crippen molar-refractivity contribution in [3.05, 3.63) is 57.6 Å². The highest BCUT2D eigenvalue weighted by atomic mass is 35.5. The van der Waals surface area contributed by atoms with Crippen molar-refractivity contribution in [2.24, 2.45) is 0 Å². The average Bonchev–Trinajstić information content (AvgIpc) is 2.62. The Morgan fingerprint density at radius 1 is 1.00 bits per heavy atom. The van der Waals surface area contributed by atoms with Gasteiger partial charge in [0.25, 0.3) is 0 Å². The Bertz CT molecular complexity index is 698. The molecule has 2 aromatic carbocycles. The molecular weight excluding hydrogens is 409 g/mol. The Labute approximate surface area is 177 Å². The van der Waals surface area contributed by atoms with Gasteiger partial charge in [-0.15, -0.1) is 12.4 Å². The van der Waals surface area contributed by atoms with E-state index in [9.17, 15) is 0 Å². The summed E-state index contributed by atoms with van der Waals surface area (Å²) < 4.78 is 16.7. The molecule has 1 N–H and O–H groups in total. The van der Waals surface area contributed by atoms with Crippen LogP contribution in [0.5, 0.6) is 11.5 Å². The predicted octanol–water partition coefficient (Wildman–Crippen LogP) is 5.52. The zero-order valence-corrected chi connectivity index (χ0v) is 17.9. The molecule has 2 aromatic rings. The highest BCUT2D eigenvalue weighted by Crippen LogP contribution is 2.30. The van der Waals surface area contributed by atoms with Gasteiger partial charge >= 0.3 is 0 Å². The molecule has 0 fully saturated rings. The third-order valence-electron chi connectivity index (χ3n) is 3.74. The van der Waals surface area contributed by atoms with Gasteiger partial charge in [-0.05, 0) is 49.7 Å². The maximum Gasteiger partial charge on any atom is 0.161 e. The highest BCUT2D eigenvalue weighted by molar-refractivity contribution is 6.35. The van der Waals surface area contributed by atoms with E-state index in [-0.39, 0.29) is 12.4 Å². The van der Waals surface area contributed by atoms with E-state index in [0.29, 0.717) is 29.0 Å². The van der Waals surface area contributed by atoms with Crippen LogP contribution >= 0.6 is 35.6 Å². The van der Waals surface area contributed by atoms with Crippen molar-refractivity contribution in [2.45, 2.75) is 26.5 Å². The maximum atomic E-state index is 6.20. The number of hydrogen-bond donors (Lipinski definition) is 1. The second-order valence-electron chi connectivity index (χ2n) is 5.76. The molecule has 0 aliphatic carbocycles. The monoisotopic (exact) mass is 433 g/mol. The summed E-state index contributed by atoms with van der Waals surface area (Å²) in [6, 6.07) is 11.3. The molecule has 0 bridgehead atoms. The Hall–Kier alpha value is -1.17. The van der Waals surface area contributed by atoms with E-state index in [0.717, 1.165) is 43.0 Å². The topological polar surface area (TPSA) is 39.7 Å². The zero-order valence-electron chi connectivity index (χ0n) is 15.6. The quantitative estimate of drug-likeness (QED) is 0.473. The van der Waals surface area contributed by atoms with Crippen LogP contribution in [-0.2, 0) is 17.9 Å². The van der Waals surface area contributed by atoms with Crippen LogP contribution in [0.3, 0.4) is 0 Å². The van der Waals surface area contributed by atoms with E-state index < -0.39 is 0 Å². The van der Waals surface area contributed by atoms with Gasteiger partial charge in [-0.2, -0.15) is 0 Å². The van der Waals surface area contributed by atoms with E-state index in [4.69, 9.17) is 37.4 Å². The average molecular weight is 435 g/mol. The third-order valence-corrected chi connectivity index (χ3v) is 4.32. The molecule has 0 radical (unpaired) electrons. The fourth-order valence-corrected chi connectivity index (χ4v) is 2.88. The van der Waals surface area contributed by atoms with Gasteiger partial charge in [0.05, 0.1) is 6.61 Å². The molecule has 4 nitrogen and oxygen atoms in total. The van der Waals surface area contributed by atoms with Crippen molar-refractivity contribution in [1.82, 2.24) is 5.32 Å². The third kappa shape index (κ3) is 8.16. The molecule has 7 heteroatoms. The Kier molecular flexibility index (Phi) is 11.6. The van der Waals surface area contributed by atoms with Crippen molar-refractivity contribution in [3.63, 3.8) is 0 Å². The van der Waals surface area contributed by atoms with Crippen LogP contribution in [0.15, 0.2) is 36.4 Å². The molecule has 0 saturated heterocycles. The number of methoxy groups -OCH3 is 1. The number of hydrogen-bond acceptors (Lipinski definition) is 4. The number of halogens is 3. The minimum Gasteiger partial charge on any atom is -0.490 e. The molecule has 0 saturated carbocycles. The van der Waals surface area contributed by atoms with Crippen molar-refractivity contribution < 1.29 is 14.2 Å². The summed E-state index contributed by atoms with van der Waals surface area (Å²) >= 11 is 12.1. The molecule has 0 aromatic heterocycles. The number of benzene rings is 2. The fourth-order valence-electron chi connectivity index (χ4n) is 2.42. The Balaban J connectivity index is 0.00000364. The van der Waals surface area contributed by atoms with Crippen molar-refractivity contribution >= 4 is 35.6 Å². The second kappa shape index (κ2) is 13.1. The molecule has 0 amide bonds. The largest absolute Gasteiger partial charge is 0.490 e. The molecule has 2 rings (SSSR count). The lowest BCUT2D eigenvalue weighted by Crippen LogP contribution is -2.16. The first-order chi connectivity index (χ1) is 12.6. The number of ether oxygens (including phenoxy) is 3. The van der Waals surface area contributed by atoms with Crippen LogP contribution in [0.4, 0.5) is 0 Å². The molecule has 0 atom stereocenters. The van der Waals surface area contributed by atoms with Gasteiger partial charge in [0, 0.05) is 35.9 Å². The summed E-state index contributed by atoms with van der Waals surface area (Å²) in [7, 11) is 1.71. The SMILES string of the molecule is CCOc1cc(CNCCCOC)ccc1OCc1ccc(Cl)cc1Cl.Cl. The van der Waals surface area contributed by atoms with Gasteiger partial charge < -0.3 is 19.5 Å². The van der Waals surface area contributed by atoms with Gasteiger partial charge in [0.2, 0.25) is 0 Å². The first-order valence-electron chi connectivity index (χ1n) is 8.66. The smallest absolute Gasteiger partial charge is 0.161 e. The summed E-state index contributed by atoms with van der Waals surface area (Å²) in [5.41, 5.74) is 2.02. The number of nitrogens with one attached hydrogen (secondary N) is 1. The molecule has 0 aliphatic rings. The minimum absolute atomic E-state index is 0. The normalized spacial score (nSPS) is 10.4. The van der Waals surface area contributed by atoms with Gasteiger partial charge in [0.1, 0.15) is 6.61 Å². The first kappa shape index (κ1) is 23.9. The summed E-state index contributed by atoms with van der Waals surface area (Å²) in [6.07, 6.45) is 0.984. The van der Waals surface area contributed by atoms with Crippen molar-refractivity contribution in [3.8, 4) is 11.5 Å². The maximum absolute atomic E-state index is 6.20. The number of rotatable bonds is 11. The minimum atomic E-state index is 0. The van der Waals surface area contributed by atoms with E-state index in [1.165, 1.54) is 0 Å². The summed E-state index contributed by atoms with van der Waals surface area (Å²) in [4.78, 5) is 0. The molecule has 27 heavy (non-hydrogen) atoms. The molecule has 0 heterocycles. The lowest BCUT2D eigenvalue weighted by atomic mass is 10.2. The standard InChI is InChI=1S/C20H25Cl2NO3.ClH/c1-3-25-20-11-15(13-23-9-4-10-24-2)5-8-19(20)26-14-16-6-7-17(21)12-18(16)22;/h5-8,11-12,23H,3-4,9-10,13-14H2,1-2H3;1H. The zero-order chi connectivity index (χ0) is 18.8. The lowest BCUT2D eigenvalue weighted by Gasteiger charge is -2.14. The Morgan fingerprint density at radius 3 is 2.52 bits per heavy atom. The van der Waals surface area contributed by atoms with Crippen LogP contribution in [0.2, 0.25) is 10.0 Å². The van der Waals surface area contributed by atoms with E-state index >= 15 is 0 Å². The van der Waals surface area contributed by atoms with Crippen LogP contribution in [-0.4, -0.2) is 26.9 Å². The molecule has 0 spiro atoms. The summed E-state index contributed by atoms with van der Waals surface area (Å²) in [6.45, 7) is 5.32. The van der Waals surface area contributed by atoms with Gasteiger partial charge in [-0.1, -0.05) is 35.3 Å². The van der Waals surface area contributed by atoms with Crippen LogP contribution in [0.25, 0.3) is 0 Å². The van der Waals surface area contributed by atoms with E-state index in [2.05, 4.69) is 5.32 Å². The van der Waals surface area contributed by atoms with Crippen molar-refractivity contribution in [1.29, 1.82) is 0 Å². The lowest BCUT2D eigenvalue weighted by molar-refractivity contribution is 0.194.